The molecule has 0 aliphatic heterocycles. The van der Waals surface area contributed by atoms with Crippen LogP contribution in [0.3, 0.4) is 0 Å². The normalized spacial score (nSPS) is 27.8. The largest absolute Gasteiger partial charge is 0.389 e. The van der Waals surface area contributed by atoms with Gasteiger partial charge in [0.2, 0.25) is 10.0 Å². The first kappa shape index (κ1) is 31.7. The van der Waals surface area contributed by atoms with Crippen molar-refractivity contribution in [1.82, 2.24) is 4.72 Å². The predicted octanol–water partition coefficient (Wildman–Crippen LogP) is 2.08. The van der Waals surface area contributed by atoms with E-state index < -0.39 is 78.8 Å². The first-order chi connectivity index (χ1) is 18.9. The molecule has 2 aliphatic carbocycles. The molecule has 41 heavy (non-hydrogen) atoms. The number of aliphatic hydroxyl groups excluding tert-OH is 2. The number of carbonyl (C=O) groups excluding carboxylic acids is 1. The molecule has 0 heterocycles. The standard InChI is InChI=1S/C26H31ClF2N2O8S2/c1-13-7-15-9-17(11-18(13)26(15,35)24(33)22(32)12-30-40(2,36)37)41(38,39)23-8-14(3-5-19(23)27)25(34)31-16-4-6-20(28)21(29)10-16/h3-6,8,10,13,15,17-18,22,24,30,32-33,35H,7,9,11-12H2,1-2H3,(H,31,34)/t13-,15?,17?,18?,22?,24?,26-/m0/s1. The lowest BCUT2D eigenvalue weighted by atomic mass is 9.69. The van der Waals surface area contributed by atoms with E-state index in [4.69, 9.17) is 11.6 Å². The smallest absolute Gasteiger partial charge is 0.255 e. The van der Waals surface area contributed by atoms with Crippen LogP contribution in [0.1, 0.15) is 36.5 Å². The van der Waals surface area contributed by atoms with Gasteiger partial charge in [0.05, 0.1) is 33.1 Å². The Bertz CT molecular complexity index is 1560. The topological polar surface area (TPSA) is 170 Å². The summed E-state index contributed by atoms with van der Waals surface area (Å²) in [5, 5.41) is 34.2. The van der Waals surface area contributed by atoms with Crippen LogP contribution in [0, 0.1) is 29.4 Å². The molecule has 2 saturated carbocycles. The van der Waals surface area contributed by atoms with Crippen molar-refractivity contribution < 1.29 is 45.7 Å². The van der Waals surface area contributed by atoms with Crippen molar-refractivity contribution >= 4 is 43.1 Å². The maximum atomic E-state index is 13.8. The Morgan fingerprint density at radius 2 is 1.76 bits per heavy atom. The molecular formula is C26H31ClF2N2O8S2. The van der Waals surface area contributed by atoms with E-state index in [0.29, 0.717) is 6.42 Å². The van der Waals surface area contributed by atoms with Crippen LogP contribution in [0.5, 0.6) is 0 Å². The lowest BCUT2D eigenvalue weighted by molar-refractivity contribution is -0.177. The van der Waals surface area contributed by atoms with Crippen molar-refractivity contribution in [2.24, 2.45) is 17.8 Å². The molecule has 0 radical (unpaired) electrons. The van der Waals surface area contributed by atoms with E-state index in [9.17, 15) is 45.7 Å². The molecule has 7 atom stereocenters. The molecule has 0 aromatic heterocycles. The zero-order valence-electron chi connectivity index (χ0n) is 22.1. The van der Waals surface area contributed by atoms with Crippen LogP contribution >= 0.6 is 11.6 Å². The number of amides is 1. The fourth-order valence-electron chi connectivity index (χ4n) is 6.15. The second-order valence-electron chi connectivity index (χ2n) is 10.9. The van der Waals surface area contributed by atoms with Gasteiger partial charge >= 0.3 is 0 Å². The van der Waals surface area contributed by atoms with Gasteiger partial charge in [0.25, 0.3) is 5.91 Å². The fourth-order valence-corrected chi connectivity index (χ4v) is 9.00. The summed E-state index contributed by atoms with van der Waals surface area (Å²) in [7, 11) is -7.85. The zero-order valence-corrected chi connectivity index (χ0v) is 24.5. The van der Waals surface area contributed by atoms with E-state index >= 15 is 0 Å². The van der Waals surface area contributed by atoms with Gasteiger partial charge in [-0.05, 0) is 67.3 Å². The number of benzene rings is 2. The molecule has 2 aliphatic rings. The van der Waals surface area contributed by atoms with E-state index in [-0.39, 0.29) is 39.9 Å². The van der Waals surface area contributed by atoms with Gasteiger partial charge < -0.3 is 20.6 Å². The van der Waals surface area contributed by atoms with Gasteiger partial charge in [-0.2, -0.15) is 0 Å². The molecule has 15 heteroatoms. The highest BCUT2D eigenvalue weighted by molar-refractivity contribution is 7.92. The molecule has 1 amide bonds. The number of sulfonamides is 1. The molecule has 5 unspecified atom stereocenters. The molecule has 2 aromatic carbocycles. The van der Waals surface area contributed by atoms with E-state index in [1.54, 1.807) is 6.92 Å². The monoisotopic (exact) mass is 636 g/mol. The molecule has 4 rings (SSSR count). The minimum absolute atomic E-state index is 0.0436. The highest BCUT2D eigenvalue weighted by atomic mass is 35.5. The zero-order chi connectivity index (χ0) is 30.5. The number of rotatable bonds is 9. The lowest BCUT2D eigenvalue weighted by Gasteiger charge is -2.47. The van der Waals surface area contributed by atoms with E-state index in [1.807, 2.05) is 0 Å². The molecule has 0 spiro atoms. The first-order valence-corrected chi connectivity index (χ1v) is 16.6. The Hall–Kier alpha value is -2.20. The molecule has 226 valence electrons. The second-order valence-corrected chi connectivity index (χ2v) is 15.3. The number of aliphatic hydroxyl groups is 3. The van der Waals surface area contributed by atoms with Gasteiger partial charge in [-0.1, -0.05) is 18.5 Å². The molecule has 0 saturated heterocycles. The van der Waals surface area contributed by atoms with Crippen molar-refractivity contribution in [2.45, 2.75) is 54.1 Å². The highest BCUT2D eigenvalue weighted by Crippen LogP contribution is 2.56. The van der Waals surface area contributed by atoms with Gasteiger partial charge in [-0.3, -0.25) is 4.79 Å². The van der Waals surface area contributed by atoms with Crippen LogP contribution in [0.2, 0.25) is 5.02 Å². The molecule has 2 fully saturated rings. The number of fused-ring (bicyclic) bond motifs is 2. The Labute approximate surface area is 241 Å². The summed E-state index contributed by atoms with van der Waals surface area (Å²) in [6, 6.07) is 6.37. The second kappa shape index (κ2) is 11.5. The Kier molecular flexibility index (Phi) is 8.88. The Morgan fingerprint density at radius 1 is 1.07 bits per heavy atom. The van der Waals surface area contributed by atoms with Gasteiger partial charge in [-0.25, -0.2) is 30.3 Å². The van der Waals surface area contributed by atoms with Crippen LogP contribution in [-0.4, -0.2) is 73.9 Å². The number of carbonyl (C=O) groups is 1. The summed E-state index contributed by atoms with van der Waals surface area (Å²) < 4.78 is 79.3. The summed E-state index contributed by atoms with van der Waals surface area (Å²) in [6.07, 6.45) is -2.30. The number of halogens is 3. The summed E-state index contributed by atoms with van der Waals surface area (Å²) in [5.74, 6) is -4.76. The number of sulfone groups is 1. The number of nitrogens with one attached hydrogen (secondary N) is 2. The third-order valence-electron chi connectivity index (χ3n) is 8.16. The van der Waals surface area contributed by atoms with Gasteiger partial charge in [-0.15, -0.1) is 0 Å². The van der Waals surface area contributed by atoms with Crippen LogP contribution in [0.15, 0.2) is 41.3 Å². The van der Waals surface area contributed by atoms with Gasteiger partial charge in [0.1, 0.15) is 6.10 Å². The maximum absolute atomic E-state index is 13.8. The number of anilines is 1. The first-order valence-electron chi connectivity index (χ1n) is 12.8. The van der Waals surface area contributed by atoms with Crippen molar-refractivity contribution in [3.8, 4) is 0 Å². The third kappa shape index (κ3) is 6.28. The third-order valence-corrected chi connectivity index (χ3v) is 11.5. The summed E-state index contributed by atoms with van der Waals surface area (Å²) in [5.41, 5.74) is -2.00. The van der Waals surface area contributed by atoms with Gasteiger partial charge in [0, 0.05) is 23.9 Å². The molecular weight excluding hydrogens is 606 g/mol. The molecule has 2 aromatic rings. The average molecular weight is 637 g/mol. The number of hydrogen-bond donors (Lipinski definition) is 5. The summed E-state index contributed by atoms with van der Waals surface area (Å²) in [4.78, 5) is 12.5. The van der Waals surface area contributed by atoms with Crippen molar-refractivity contribution in [2.75, 3.05) is 18.1 Å². The molecule has 2 bridgehead atoms. The lowest BCUT2D eigenvalue weighted by Crippen LogP contribution is -2.61. The van der Waals surface area contributed by atoms with E-state index in [1.165, 1.54) is 12.1 Å². The minimum atomic E-state index is -4.18. The predicted molar refractivity (Wildman–Crippen MR) is 147 cm³/mol. The number of hydrogen-bond acceptors (Lipinski definition) is 8. The fraction of sp³-hybridized carbons (Fsp3) is 0.500. The van der Waals surface area contributed by atoms with E-state index in [0.717, 1.165) is 30.5 Å². The van der Waals surface area contributed by atoms with Crippen LogP contribution in [-0.2, 0) is 19.9 Å². The summed E-state index contributed by atoms with van der Waals surface area (Å²) in [6.45, 7) is 1.27. The van der Waals surface area contributed by atoms with Gasteiger partial charge in [0.15, 0.2) is 21.5 Å². The minimum Gasteiger partial charge on any atom is -0.389 e. The maximum Gasteiger partial charge on any atom is 0.255 e. The van der Waals surface area contributed by atoms with Crippen molar-refractivity contribution in [1.29, 1.82) is 0 Å². The average Bonchev–Trinajstić information content (AvgIpc) is 3.01. The van der Waals surface area contributed by atoms with E-state index in [2.05, 4.69) is 10.0 Å². The van der Waals surface area contributed by atoms with Crippen LogP contribution in [0.25, 0.3) is 0 Å². The molecule has 10 nitrogen and oxygen atoms in total. The van der Waals surface area contributed by atoms with Crippen molar-refractivity contribution in [3.63, 3.8) is 0 Å². The Balaban J connectivity index is 1.57. The van der Waals surface area contributed by atoms with Crippen LogP contribution < -0.4 is 10.0 Å². The Morgan fingerprint density at radius 3 is 2.37 bits per heavy atom. The quantitative estimate of drug-likeness (QED) is 0.279. The highest BCUT2D eigenvalue weighted by Gasteiger charge is 2.62. The SMILES string of the molecule is C[C@H]1CC2CC(S(=O)(=O)c3cc(C(=O)Nc4ccc(F)c(F)c4)ccc3Cl)CC1[C@]2(O)C(O)C(O)CNS(C)(=O)=O. The van der Waals surface area contributed by atoms with Crippen molar-refractivity contribution in [3.05, 3.63) is 58.6 Å². The molecule has 5 N–H and O–H groups in total. The van der Waals surface area contributed by atoms with Crippen LogP contribution in [0.4, 0.5) is 14.5 Å². The summed E-state index contributed by atoms with van der Waals surface area (Å²) >= 11 is 6.26.